The lowest BCUT2D eigenvalue weighted by Crippen LogP contribution is -2.03. The number of ether oxygens (including phenoxy) is 1. The lowest BCUT2D eigenvalue weighted by Gasteiger charge is -2.10. The van der Waals surface area contributed by atoms with Gasteiger partial charge in [0.2, 0.25) is 5.88 Å². The maximum Gasteiger partial charge on any atom is 0.226 e. The van der Waals surface area contributed by atoms with Gasteiger partial charge in [-0.3, -0.25) is 4.98 Å². The fourth-order valence-corrected chi connectivity index (χ4v) is 3.62. The molecule has 0 fully saturated rings. The van der Waals surface area contributed by atoms with Crippen LogP contribution in [0.25, 0.3) is 27.5 Å². The SMILES string of the molecule is Cc1cccc2c1ncc1c(OCc3ccc(Cl)cc3)n(-c3ccccc3)nc12. The van der Waals surface area contributed by atoms with Crippen molar-refractivity contribution in [3.8, 4) is 11.6 Å². The first-order chi connectivity index (χ1) is 14.2. The molecule has 2 heterocycles. The molecule has 0 radical (unpaired) electrons. The summed E-state index contributed by atoms with van der Waals surface area (Å²) in [5.41, 5.74) is 4.95. The quantitative estimate of drug-likeness (QED) is 0.365. The van der Waals surface area contributed by atoms with E-state index in [0.29, 0.717) is 17.5 Å². The lowest BCUT2D eigenvalue weighted by atomic mass is 10.1. The molecule has 0 aliphatic heterocycles. The first-order valence-electron chi connectivity index (χ1n) is 9.40. The van der Waals surface area contributed by atoms with Crippen molar-refractivity contribution in [1.82, 2.24) is 14.8 Å². The number of benzene rings is 3. The van der Waals surface area contributed by atoms with Crippen LogP contribution < -0.4 is 4.74 Å². The molecule has 0 saturated heterocycles. The predicted octanol–water partition coefficient (Wildman–Crippen LogP) is 6.11. The summed E-state index contributed by atoms with van der Waals surface area (Å²) in [5, 5.41) is 7.53. The zero-order valence-corrected chi connectivity index (χ0v) is 16.6. The van der Waals surface area contributed by atoms with Crippen LogP contribution >= 0.6 is 11.6 Å². The number of para-hydroxylation sites is 2. The van der Waals surface area contributed by atoms with Gasteiger partial charge in [-0.25, -0.2) is 0 Å². The summed E-state index contributed by atoms with van der Waals surface area (Å²) >= 11 is 6.00. The van der Waals surface area contributed by atoms with Crippen LogP contribution in [0.4, 0.5) is 0 Å². The number of aromatic nitrogens is 3. The molecule has 0 N–H and O–H groups in total. The van der Waals surface area contributed by atoms with Crippen LogP contribution in [0.5, 0.6) is 5.88 Å². The number of nitrogens with zero attached hydrogens (tertiary/aromatic N) is 3. The van der Waals surface area contributed by atoms with Crippen molar-refractivity contribution in [1.29, 1.82) is 0 Å². The molecule has 3 aromatic carbocycles. The average molecular weight is 400 g/mol. The van der Waals surface area contributed by atoms with Gasteiger partial charge in [0, 0.05) is 16.6 Å². The van der Waals surface area contributed by atoms with Crippen molar-refractivity contribution in [3.63, 3.8) is 0 Å². The Morgan fingerprint density at radius 3 is 2.45 bits per heavy atom. The minimum absolute atomic E-state index is 0.413. The molecule has 142 valence electrons. The van der Waals surface area contributed by atoms with Gasteiger partial charge in [0.15, 0.2) is 0 Å². The zero-order valence-electron chi connectivity index (χ0n) is 15.8. The molecular formula is C24H18ClN3O. The first kappa shape index (κ1) is 17.7. The molecule has 4 nitrogen and oxygen atoms in total. The molecule has 2 aromatic heterocycles. The number of halogens is 1. The van der Waals surface area contributed by atoms with Crippen LogP contribution in [0.1, 0.15) is 11.1 Å². The van der Waals surface area contributed by atoms with Crippen LogP contribution in [0.15, 0.2) is 79.0 Å². The minimum atomic E-state index is 0.413. The van der Waals surface area contributed by atoms with Gasteiger partial charge in [0.1, 0.15) is 12.1 Å². The molecule has 0 aliphatic rings. The third kappa shape index (κ3) is 3.22. The number of hydrogen-bond acceptors (Lipinski definition) is 3. The Balaban J connectivity index is 1.68. The van der Waals surface area contributed by atoms with E-state index in [4.69, 9.17) is 26.4 Å². The van der Waals surface area contributed by atoms with E-state index in [1.165, 1.54) is 0 Å². The Bertz CT molecular complexity index is 1310. The Kier molecular flexibility index (Phi) is 4.41. The number of rotatable bonds is 4. The molecule has 0 spiro atoms. The molecule has 5 rings (SSSR count). The van der Waals surface area contributed by atoms with Gasteiger partial charge in [-0.15, -0.1) is 0 Å². The molecule has 0 aliphatic carbocycles. The van der Waals surface area contributed by atoms with E-state index < -0.39 is 0 Å². The van der Waals surface area contributed by atoms with E-state index in [0.717, 1.165) is 38.6 Å². The number of hydrogen-bond donors (Lipinski definition) is 0. The fourth-order valence-electron chi connectivity index (χ4n) is 3.50. The van der Waals surface area contributed by atoms with Crippen LogP contribution in [-0.4, -0.2) is 14.8 Å². The van der Waals surface area contributed by atoms with Gasteiger partial charge in [0.05, 0.1) is 16.6 Å². The second-order valence-electron chi connectivity index (χ2n) is 6.96. The third-order valence-electron chi connectivity index (χ3n) is 4.98. The van der Waals surface area contributed by atoms with Crippen LogP contribution in [0.3, 0.4) is 0 Å². The Hall–Kier alpha value is -3.37. The number of pyridine rings is 1. The van der Waals surface area contributed by atoms with Gasteiger partial charge in [-0.1, -0.05) is 60.1 Å². The molecule has 0 amide bonds. The highest BCUT2D eigenvalue weighted by Crippen LogP contribution is 2.33. The number of fused-ring (bicyclic) bond motifs is 3. The van der Waals surface area contributed by atoms with Crippen molar-refractivity contribution >= 4 is 33.4 Å². The zero-order chi connectivity index (χ0) is 19.8. The highest BCUT2D eigenvalue weighted by Gasteiger charge is 2.17. The second kappa shape index (κ2) is 7.22. The topological polar surface area (TPSA) is 39.9 Å². The highest BCUT2D eigenvalue weighted by molar-refractivity contribution is 6.30. The molecular weight excluding hydrogens is 382 g/mol. The maximum absolute atomic E-state index is 6.27. The maximum atomic E-state index is 6.27. The van der Waals surface area contributed by atoms with Crippen LogP contribution in [0, 0.1) is 6.92 Å². The molecule has 5 heteroatoms. The van der Waals surface area contributed by atoms with Gasteiger partial charge < -0.3 is 4.74 Å². The predicted molar refractivity (Wildman–Crippen MR) is 117 cm³/mol. The summed E-state index contributed by atoms with van der Waals surface area (Å²) in [4.78, 5) is 4.69. The molecule has 0 unspecified atom stereocenters. The molecule has 0 atom stereocenters. The van der Waals surface area contributed by atoms with Gasteiger partial charge in [-0.05, 0) is 42.3 Å². The largest absolute Gasteiger partial charge is 0.472 e. The molecule has 0 bridgehead atoms. The van der Waals surface area contributed by atoms with Crippen molar-refractivity contribution in [3.05, 3.63) is 95.1 Å². The van der Waals surface area contributed by atoms with Crippen molar-refractivity contribution < 1.29 is 4.74 Å². The van der Waals surface area contributed by atoms with E-state index in [9.17, 15) is 0 Å². The standard InChI is InChI=1S/C24H18ClN3O/c1-16-6-5-9-20-22(16)26-14-21-23(20)27-28(19-7-3-2-4-8-19)24(21)29-15-17-10-12-18(25)13-11-17/h2-14H,15H2,1H3. The second-order valence-corrected chi connectivity index (χ2v) is 7.40. The average Bonchev–Trinajstić information content (AvgIpc) is 3.13. The van der Waals surface area contributed by atoms with E-state index in [2.05, 4.69) is 19.1 Å². The third-order valence-corrected chi connectivity index (χ3v) is 5.24. The molecule has 29 heavy (non-hydrogen) atoms. The lowest BCUT2D eigenvalue weighted by molar-refractivity contribution is 0.288. The minimum Gasteiger partial charge on any atom is -0.472 e. The van der Waals surface area contributed by atoms with E-state index in [1.54, 1.807) is 0 Å². The van der Waals surface area contributed by atoms with Gasteiger partial charge in [-0.2, -0.15) is 9.78 Å². The van der Waals surface area contributed by atoms with Crippen LogP contribution in [-0.2, 0) is 6.61 Å². The Labute approximate surface area is 173 Å². The van der Waals surface area contributed by atoms with E-state index in [1.807, 2.05) is 71.5 Å². The van der Waals surface area contributed by atoms with Crippen molar-refractivity contribution in [2.45, 2.75) is 13.5 Å². The Morgan fingerprint density at radius 2 is 1.66 bits per heavy atom. The van der Waals surface area contributed by atoms with Crippen LogP contribution in [0.2, 0.25) is 5.02 Å². The number of aryl methyl sites for hydroxylation is 1. The summed E-state index contributed by atoms with van der Waals surface area (Å²) < 4.78 is 8.12. The van der Waals surface area contributed by atoms with Gasteiger partial charge >= 0.3 is 0 Å². The normalized spacial score (nSPS) is 11.2. The summed E-state index contributed by atoms with van der Waals surface area (Å²) in [6.07, 6.45) is 1.86. The van der Waals surface area contributed by atoms with Gasteiger partial charge in [0.25, 0.3) is 0 Å². The monoisotopic (exact) mass is 399 g/mol. The summed E-state index contributed by atoms with van der Waals surface area (Å²) in [7, 11) is 0. The van der Waals surface area contributed by atoms with E-state index in [-0.39, 0.29) is 0 Å². The Morgan fingerprint density at radius 1 is 0.862 bits per heavy atom. The fraction of sp³-hybridized carbons (Fsp3) is 0.0833. The summed E-state index contributed by atoms with van der Waals surface area (Å²) in [6, 6.07) is 23.8. The molecule has 0 saturated carbocycles. The highest BCUT2D eigenvalue weighted by atomic mass is 35.5. The summed E-state index contributed by atoms with van der Waals surface area (Å²) in [5.74, 6) is 0.678. The molecule has 5 aromatic rings. The summed E-state index contributed by atoms with van der Waals surface area (Å²) in [6.45, 7) is 2.48. The smallest absolute Gasteiger partial charge is 0.226 e. The first-order valence-corrected chi connectivity index (χ1v) is 9.78. The van der Waals surface area contributed by atoms with Crippen molar-refractivity contribution in [2.75, 3.05) is 0 Å². The van der Waals surface area contributed by atoms with E-state index >= 15 is 0 Å². The van der Waals surface area contributed by atoms with Crippen molar-refractivity contribution in [2.24, 2.45) is 0 Å².